The van der Waals surface area contributed by atoms with Crippen molar-refractivity contribution in [1.82, 2.24) is 40.4 Å². The Kier molecular flexibility index (Phi) is 11.3. The fourth-order valence-corrected chi connectivity index (χ4v) is 11.9. The first-order valence-electron chi connectivity index (χ1n) is 23.5. The van der Waals surface area contributed by atoms with Crippen molar-refractivity contribution < 1.29 is 46.2 Å². The number of benzene rings is 2. The molecule has 2 aromatic carbocycles. The van der Waals surface area contributed by atoms with Crippen LogP contribution in [0.4, 0.5) is 27.2 Å². The number of imidazole rings is 2. The highest BCUT2D eigenvalue weighted by atomic mass is 19.3. The molecular formula is C50H56F4N8O6. The van der Waals surface area contributed by atoms with E-state index in [0.29, 0.717) is 23.2 Å². The van der Waals surface area contributed by atoms with Crippen LogP contribution in [-0.4, -0.2) is 105 Å². The molecule has 5 aliphatic carbocycles. The topological polar surface area (TPSA) is 175 Å². The minimum absolute atomic E-state index is 0.236. The van der Waals surface area contributed by atoms with Crippen molar-refractivity contribution in [1.29, 1.82) is 0 Å². The number of hydrogen-bond donors (Lipinski definition) is 4. The van der Waals surface area contributed by atoms with Gasteiger partial charge in [0, 0.05) is 24.0 Å². The Morgan fingerprint density at radius 2 is 1.10 bits per heavy atom. The Morgan fingerprint density at radius 3 is 1.59 bits per heavy atom. The molecule has 68 heavy (non-hydrogen) atoms. The van der Waals surface area contributed by atoms with E-state index in [9.17, 15) is 19.2 Å². The maximum absolute atomic E-state index is 15.2. The van der Waals surface area contributed by atoms with Crippen LogP contribution in [-0.2, 0) is 19.1 Å². The van der Waals surface area contributed by atoms with Crippen molar-refractivity contribution in [2.45, 2.75) is 126 Å². The van der Waals surface area contributed by atoms with Gasteiger partial charge in [0.1, 0.15) is 23.7 Å². The predicted molar refractivity (Wildman–Crippen MR) is 243 cm³/mol. The Balaban J connectivity index is 0.977. The number of carbonyl (C=O) groups is 4. The monoisotopic (exact) mass is 940 g/mol. The highest BCUT2D eigenvalue weighted by Gasteiger charge is 2.52. The Morgan fingerprint density at radius 1 is 0.662 bits per heavy atom. The van der Waals surface area contributed by atoms with Gasteiger partial charge in [0.2, 0.25) is 11.8 Å². The molecule has 2 aliphatic heterocycles. The molecule has 4 heterocycles. The summed E-state index contributed by atoms with van der Waals surface area (Å²) in [5, 5.41) is 5.03. The number of H-pyrrole nitrogens is 2. The van der Waals surface area contributed by atoms with Crippen molar-refractivity contribution in [3.05, 3.63) is 76.1 Å². The third kappa shape index (κ3) is 7.80. The Hall–Kier alpha value is -6.20. The zero-order valence-electron chi connectivity index (χ0n) is 38.9. The third-order valence-electron chi connectivity index (χ3n) is 15.2. The first-order chi connectivity index (χ1) is 32.3. The average molecular weight is 941 g/mol. The second kappa shape index (κ2) is 16.8. The van der Waals surface area contributed by atoms with Gasteiger partial charge in [-0.2, -0.15) is 0 Å². The summed E-state index contributed by atoms with van der Waals surface area (Å²) < 4.78 is 70.1. The van der Waals surface area contributed by atoms with Crippen LogP contribution < -0.4 is 10.6 Å². The molecule has 2 saturated heterocycles. The van der Waals surface area contributed by atoms with Crippen LogP contribution in [0.3, 0.4) is 0 Å². The number of ether oxygens (including phenoxy) is 2. The average Bonchev–Trinajstić information content (AvgIpc) is 4.17. The first-order valence-corrected chi connectivity index (χ1v) is 23.5. The van der Waals surface area contributed by atoms with Gasteiger partial charge in [-0.3, -0.25) is 9.59 Å². The number of aromatic nitrogens is 4. The van der Waals surface area contributed by atoms with Crippen molar-refractivity contribution in [2.75, 3.05) is 27.3 Å². The Bertz CT molecular complexity index is 2740. The van der Waals surface area contributed by atoms with Gasteiger partial charge >= 0.3 is 12.2 Å². The number of alkyl halides is 4. The van der Waals surface area contributed by atoms with Crippen LogP contribution in [0, 0.1) is 11.8 Å². The second-order valence-electron chi connectivity index (χ2n) is 20.3. The predicted octanol–water partition coefficient (Wildman–Crippen LogP) is 9.35. The number of alkyl carbamates (subject to hydrolysis) is 2. The van der Waals surface area contributed by atoms with E-state index >= 15 is 17.6 Å². The van der Waals surface area contributed by atoms with Crippen LogP contribution in [0.2, 0.25) is 0 Å². The van der Waals surface area contributed by atoms with Gasteiger partial charge < -0.3 is 39.9 Å². The molecule has 4 fully saturated rings. The quantitative estimate of drug-likeness (QED) is 0.108. The van der Waals surface area contributed by atoms with Crippen molar-refractivity contribution in [3.63, 3.8) is 0 Å². The minimum atomic E-state index is -3.17. The molecule has 18 heteroatoms. The van der Waals surface area contributed by atoms with Crippen LogP contribution in [0.5, 0.6) is 0 Å². The Labute approximate surface area is 391 Å². The SMILES string of the molecule is COC(=O)N[C@H](C(=O)N1CC(F)(F)C[C@H]1c1ncc(-c2ccc(-c3ccc(-c4cnc([C@@H]5CC(F)(F)CN5C(=O)[C@@H](NC(=O)OC)C(C)C)[nH]4)c4c3C3CCC4C3)c3c2C=C2CC3C2)[nH]1)C(C)C. The number of nitrogens with zero attached hydrogens (tertiary/aromatic N) is 4. The molecule has 2 aromatic heterocycles. The number of allylic oxidation sites excluding steroid dienone is 1. The van der Waals surface area contributed by atoms with Gasteiger partial charge in [-0.15, -0.1) is 0 Å². The largest absolute Gasteiger partial charge is 0.453 e. The maximum Gasteiger partial charge on any atom is 0.407 e. The molecular weight excluding hydrogens is 885 g/mol. The molecule has 11 rings (SSSR count). The molecule has 2 saturated carbocycles. The van der Waals surface area contributed by atoms with Crippen LogP contribution >= 0.6 is 0 Å². The van der Waals surface area contributed by atoms with E-state index in [1.54, 1.807) is 40.1 Å². The fourth-order valence-electron chi connectivity index (χ4n) is 11.9. The van der Waals surface area contributed by atoms with E-state index in [1.165, 1.54) is 36.5 Å². The molecule has 0 radical (unpaired) electrons. The molecule has 360 valence electrons. The number of carbonyl (C=O) groups excluding carboxylic acids is 4. The molecule has 6 atom stereocenters. The van der Waals surface area contributed by atoms with Crippen LogP contribution in [0.1, 0.15) is 136 Å². The van der Waals surface area contributed by atoms with Gasteiger partial charge in [0.15, 0.2) is 0 Å². The van der Waals surface area contributed by atoms with Crippen LogP contribution in [0.25, 0.3) is 39.7 Å². The fraction of sp³-hybridized carbons (Fsp3) is 0.520. The smallest absolute Gasteiger partial charge is 0.407 e. The molecule has 4 N–H and O–H groups in total. The van der Waals surface area contributed by atoms with Crippen molar-refractivity contribution in [2.24, 2.45) is 11.8 Å². The molecule has 2 unspecified atom stereocenters. The number of hydrogen-bond acceptors (Lipinski definition) is 8. The normalized spacial score (nSPS) is 23.8. The van der Waals surface area contributed by atoms with Gasteiger partial charge in [0.25, 0.3) is 11.8 Å². The molecule has 14 nitrogen and oxygen atoms in total. The molecule has 4 bridgehead atoms. The number of methoxy groups -OCH3 is 2. The molecule has 4 amide bonds. The van der Waals surface area contributed by atoms with E-state index in [2.05, 4.69) is 60.9 Å². The first kappa shape index (κ1) is 45.6. The van der Waals surface area contributed by atoms with E-state index in [4.69, 9.17) is 9.47 Å². The molecule has 0 spiro atoms. The summed E-state index contributed by atoms with van der Waals surface area (Å²) in [6.45, 7) is 5.30. The lowest BCUT2D eigenvalue weighted by molar-refractivity contribution is -0.137. The summed E-state index contributed by atoms with van der Waals surface area (Å²) in [4.78, 5) is 70.1. The summed E-state index contributed by atoms with van der Waals surface area (Å²) in [5.74, 6) is -6.98. The zero-order chi connectivity index (χ0) is 48.1. The van der Waals surface area contributed by atoms with Crippen molar-refractivity contribution in [3.8, 4) is 33.6 Å². The maximum atomic E-state index is 15.2. The number of likely N-dealkylation sites (tertiary alicyclic amines) is 2. The standard InChI is InChI=1S/C50H56F4N8O6/c1-23(2)41(59-47(65)67-5)45(63)61-21-49(51,52)17-36(61)43-55-19-34(57-43)29-9-10-30(38-28-13-25(14-28)15-33(29)38)31-11-12-32(40-27-8-7-26(16-27)39(31)40)35-20-56-44(58-35)37-18-50(53,54)22-62(37)46(64)42(24(3)4)60-48(66)68-6/h9-12,15,19-20,23-24,26-28,36-37,41-42H,7-8,13-14,16-18,21-22H2,1-6H3,(H,55,57)(H,56,58)(H,59,65)(H,60,66)/t26?,27?,36-,37-,41-,42-/m0/s1. The number of halogens is 4. The number of aromatic amines is 2. The van der Waals surface area contributed by atoms with Crippen LogP contribution in [0.15, 0.2) is 42.2 Å². The number of rotatable bonds is 11. The second-order valence-corrected chi connectivity index (χ2v) is 20.3. The van der Waals surface area contributed by atoms with E-state index in [-0.39, 0.29) is 17.6 Å². The van der Waals surface area contributed by atoms with E-state index in [1.807, 2.05) is 0 Å². The lowest BCUT2D eigenvalue weighted by atomic mass is 9.65. The summed E-state index contributed by atoms with van der Waals surface area (Å²) >= 11 is 0. The van der Waals surface area contributed by atoms with E-state index in [0.717, 1.165) is 69.7 Å². The summed E-state index contributed by atoms with van der Waals surface area (Å²) in [7, 11) is 2.35. The summed E-state index contributed by atoms with van der Waals surface area (Å²) in [6, 6.07) is 4.21. The van der Waals surface area contributed by atoms with Gasteiger partial charge in [-0.1, -0.05) is 63.6 Å². The summed E-state index contributed by atoms with van der Waals surface area (Å²) in [5.41, 5.74) is 11.6. The highest BCUT2D eigenvalue weighted by Crippen LogP contribution is 2.60. The lowest BCUT2D eigenvalue weighted by Gasteiger charge is -2.39. The summed E-state index contributed by atoms with van der Waals surface area (Å²) in [6.07, 6.45) is 7.64. The van der Waals surface area contributed by atoms with Gasteiger partial charge in [0.05, 0.1) is 63.2 Å². The number of amides is 4. The lowest BCUT2D eigenvalue weighted by Crippen LogP contribution is -2.51. The molecule has 7 aliphatic rings. The highest BCUT2D eigenvalue weighted by molar-refractivity contribution is 5.90. The minimum Gasteiger partial charge on any atom is -0.453 e. The van der Waals surface area contributed by atoms with Gasteiger partial charge in [-0.05, 0) is 95.1 Å². The zero-order valence-corrected chi connectivity index (χ0v) is 38.9. The number of fused-ring (bicyclic) bond motifs is 5. The van der Waals surface area contributed by atoms with Gasteiger partial charge in [-0.25, -0.2) is 37.1 Å². The molecule has 4 aromatic rings. The number of nitrogens with one attached hydrogen (secondary N) is 4. The van der Waals surface area contributed by atoms with Crippen molar-refractivity contribution >= 4 is 30.1 Å². The third-order valence-corrected chi connectivity index (χ3v) is 15.2. The van der Waals surface area contributed by atoms with E-state index < -0.39 is 97.8 Å².